The average molecular weight is 380 g/mol. The van der Waals surface area contributed by atoms with Gasteiger partial charge in [0, 0.05) is 24.8 Å². The second kappa shape index (κ2) is 9.30. The molecule has 1 saturated heterocycles. The zero-order valence-electron chi connectivity index (χ0n) is 16.6. The van der Waals surface area contributed by atoms with Gasteiger partial charge in [0.15, 0.2) is 5.82 Å². The number of carbonyl (C=O) groups is 1. The maximum absolute atomic E-state index is 11.5. The Kier molecular flexibility index (Phi) is 6.57. The number of nitrogens with zero attached hydrogens (tertiary/aromatic N) is 4. The van der Waals surface area contributed by atoms with Crippen LogP contribution in [0.5, 0.6) is 0 Å². The van der Waals surface area contributed by atoms with E-state index >= 15 is 0 Å². The average Bonchev–Trinajstić information content (AvgIpc) is 2.72. The molecule has 0 spiro atoms. The number of carbonyl (C=O) groups excluding carboxylic acids is 1. The first-order valence-electron chi connectivity index (χ1n) is 9.80. The van der Waals surface area contributed by atoms with Gasteiger partial charge in [0.1, 0.15) is 0 Å². The fraction of sp³-hybridized carbons (Fsp3) is 0.429. The van der Waals surface area contributed by atoms with Gasteiger partial charge in [0.05, 0.1) is 6.20 Å². The van der Waals surface area contributed by atoms with Crippen LogP contribution in [-0.2, 0) is 4.79 Å². The quantitative estimate of drug-likeness (QED) is 0.717. The van der Waals surface area contributed by atoms with Crippen molar-refractivity contribution in [2.75, 3.05) is 23.3 Å². The lowest BCUT2D eigenvalue weighted by atomic mass is 10.0. The maximum Gasteiger partial charge on any atom is 0.247 e. The summed E-state index contributed by atoms with van der Waals surface area (Å²) in [5.41, 5.74) is 2.26. The molecule has 0 bridgehead atoms. The molecule has 3 rings (SSSR count). The van der Waals surface area contributed by atoms with Gasteiger partial charge in [-0.25, -0.2) is 0 Å². The van der Waals surface area contributed by atoms with E-state index in [1.807, 2.05) is 12.1 Å². The number of aromatic nitrogens is 3. The summed E-state index contributed by atoms with van der Waals surface area (Å²) in [6, 6.07) is 8.48. The van der Waals surface area contributed by atoms with Crippen LogP contribution in [0.2, 0.25) is 0 Å². The van der Waals surface area contributed by atoms with E-state index < -0.39 is 0 Å². The van der Waals surface area contributed by atoms with Gasteiger partial charge in [0.25, 0.3) is 0 Å². The predicted octanol–water partition coefficient (Wildman–Crippen LogP) is 3.40. The molecule has 7 heteroatoms. The van der Waals surface area contributed by atoms with Gasteiger partial charge >= 0.3 is 0 Å². The minimum absolute atomic E-state index is 0.153. The molecule has 1 aliphatic rings. The van der Waals surface area contributed by atoms with Crippen molar-refractivity contribution in [2.24, 2.45) is 0 Å². The van der Waals surface area contributed by atoms with Gasteiger partial charge in [-0.15, -0.1) is 5.10 Å². The van der Waals surface area contributed by atoms with E-state index in [4.69, 9.17) is 0 Å². The van der Waals surface area contributed by atoms with E-state index in [1.54, 1.807) is 6.20 Å². The number of anilines is 3. The van der Waals surface area contributed by atoms with Crippen LogP contribution in [0.3, 0.4) is 0 Å². The van der Waals surface area contributed by atoms with Crippen LogP contribution in [0, 0.1) is 0 Å². The van der Waals surface area contributed by atoms with Gasteiger partial charge in [0.2, 0.25) is 11.9 Å². The molecule has 1 fully saturated rings. The summed E-state index contributed by atoms with van der Waals surface area (Å²) >= 11 is 0. The van der Waals surface area contributed by atoms with Crippen LogP contribution in [0.25, 0.3) is 0 Å². The molecule has 1 aromatic carbocycles. The molecule has 2 N–H and O–H groups in total. The highest BCUT2D eigenvalue weighted by Gasteiger charge is 2.25. The molecule has 2 aromatic rings. The standard InChI is InChI=1S/C21H28N6O/c1-4-20(28)22-13-18-7-5-6-12-27(18)21-25-19(14-23-26-21)24-17-10-8-16(9-11-17)15(2)3/h4,8-11,14-15,18H,1,5-7,12-13H2,2-3H3,(H,22,28)(H,24,25,26). The van der Waals surface area contributed by atoms with Crippen molar-refractivity contribution in [2.45, 2.75) is 45.1 Å². The van der Waals surface area contributed by atoms with Gasteiger partial charge in [-0.05, 0) is 49.0 Å². The van der Waals surface area contributed by atoms with Crippen molar-refractivity contribution in [1.29, 1.82) is 0 Å². The zero-order chi connectivity index (χ0) is 19.9. The summed E-state index contributed by atoms with van der Waals surface area (Å²) in [5, 5.41) is 14.5. The Labute approximate surface area is 166 Å². The summed E-state index contributed by atoms with van der Waals surface area (Å²) in [5.74, 6) is 1.58. The Hall–Kier alpha value is -2.96. The minimum atomic E-state index is -0.162. The number of rotatable bonds is 7. The number of hydrogen-bond acceptors (Lipinski definition) is 6. The Morgan fingerprint density at radius 1 is 1.32 bits per heavy atom. The molecular formula is C21H28N6O. The van der Waals surface area contributed by atoms with Crippen molar-refractivity contribution in [3.05, 3.63) is 48.7 Å². The number of nitrogens with one attached hydrogen (secondary N) is 2. The third-order valence-electron chi connectivity index (χ3n) is 4.98. The maximum atomic E-state index is 11.5. The Morgan fingerprint density at radius 3 is 2.82 bits per heavy atom. The number of hydrogen-bond donors (Lipinski definition) is 2. The first-order valence-corrected chi connectivity index (χ1v) is 9.80. The fourth-order valence-electron chi connectivity index (χ4n) is 3.34. The monoisotopic (exact) mass is 380 g/mol. The normalized spacial score (nSPS) is 16.7. The Morgan fingerprint density at radius 2 is 2.11 bits per heavy atom. The van der Waals surface area contributed by atoms with Crippen molar-refractivity contribution < 1.29 is 4.79 Å². The second-order valence-corrected chi connectivity index (χ2v) is 7.34. The van der Waals surface area contributed by atoms with Crippen LogP contribution in [0.1, 0.15) is 44.6 Å². The van der Waals surface area contributed by atoms with Crippen molar-refractivity contribution in [3.8, 4) is 0 Å². The molecule has 1 atom stereocenters. The number of piperidine rings is 1. The Bertz CT molecular complexity index is 805. The first kappa shape index (κ1) is 19.8. The molecule has 148 valence electrons. The molecule has 28 heavy (non-hydrogen) atoms. The highest BCUT2D eigenvalue weighted by molar-refractivity contribution is 5.86. The van der Waals surface area contributed by atoms with E-state index in [0.29, 0.717) is 24.2 Å². The molecule has 0 radical (unpaired) electrons. The van der Waals surface area contributed by atoms with E-state index in [2.05, 4.69) is 63.3 Å². The molecule has 1 aromatic heterocycles. The van der Waals surface area contributed by atoms with Gasteiger partial charge in [-0.3, -0.25) is 4.79 Å². The topological polar surface area (TPSA) is 83.0 Å². The van der Waals surface area contributed by atoms with Crippen LogP contribution in [0.15, 0.2) is 43.1 Å². The summed E-state index contributed by atoms with van der Waals surface area (Å²) in [6.45, 7) is 9.25. The third kappa shape index (κ3) is 5.06. The molecular weight excluding hydrogens is 352 g/mol. The number of benzene rings is 1. The van der Waals surface area contributed by atoms with E-state index in [-0.39, 0.29) is 11.9 Å². The van der Waals surface area contributed by atoms with Crippen LogP contribution in [-0.4, -0.2) is 40.2 Å². The molecule has 1 amide bonds. The minimum Gasteiger partial charge on any atom is -0.351 e. The van der Waals surface area contributed by atoms with Crippen LogP contribution >= 0.6 is 0 Å². The number of amides is 1. The van der Waals surface area contributed by atoms with E-state index in [9.17, 15) is 4.79 Å². The smallest absolute Gasteiger partial charge is 0.247 e. The molecule has 1 aliphatic heterocycles. The van der Waals surface area contributed by atoms with E-state index in [1.165, 1.54) is 11.6 Å². The SMILES string of the molecule is C=CC(=O)NCC1CCCCN1c1nncc(Nc2ccc(C(C)C)cc2)n1. The molecule has 1 unspecified atom stereocenters. The lowest BCUT2D eigenvalue weighted by molar-refractivity contribution is -0.116. The molecule has 0 saturated carbocycles. The summed E-state index contributed by atoms with van der Waals surface area (Å²) in [4.78, 5) is 18.3. The summed E-state index contributed by atoms with van der Waals surface area (Å²) in [6.07, 6.45) is 6.09. The van der Waals surface area contributed by atoms with Crippen LogP contribution in [0.4, 0.5) is 17.5 Å². The highest BCUT2D eigenvalue weighted by atomic mass is 16.1. The zero-order valence-corrected chi connectivity index (χ0v) is 16.6. The summed E-state index contributed by atoms with van der Waals surface area (Å²) in [7, 11) is 0. The van der Waals surface area contributed by atoms with Gasteiger partial charge < -0.3 is 15.5 Å². The van der Waals surface area contributed by atoms with Crippen molar-refractivity contribution in [1.82, 2.24) is 20.5 Å². The summed E-state index contributed by atoms with van der Waals surface area (Å²) < 4.78 is 0. The third-order valence-corrected chi connectivity index (χ3v) is 4.98. The lowest BCUT2D eigenvalue weighted by Gasteiger charge is -2.35. The lowest BCUT2D eigenvalue weighted by Crippen LogP contribution is -2.47. The predicted molar refractivity (Wildman–Crippen MR) is 112 cm³/mol. The first-order chi connectivity index (χ1) is 13.6. The molecule has 2 heterocycles. The fourth-order valence-corrected chi connectivity index (χ4v) is 3.34. The Balaban J connectivity index is 1.71. The van der Waals surface area contributed by atoms with Gasteiger partial charge in [-0.2, -0.15) is 10.1 Å². The van der Waals surface area contributed by atoms with E-state index in [0.717, 1.165) is 31.5 Å². The second-order valence-electron chi connectivity index (χ2n) is 7.34. The highest BCUT2D eigenvalue weighted by Crippen LogP contribution is 2.23. The van der Waals surface area contributed by atoms with Crippen molar-refractivity contribution >= 4 is 23.4 Å². The molecule has 0 aliphatic carbocycles. The van der Waals surface area contributed by atoms with Crippen LogP contribution < -0.4 is 15.5 Å². The largest absolute Gasteiger partial charge is 0.351 e. The molecule has 7 nitrogen and oxygen atoms in total. The van der Waals surface area contributed by atoms with Gasteiger partial charge in [-0.1, -0.05) is 32.6 Å². The van der Waals surface area contributed by atoms with Crippen molar-refractivity contribution in [3.63, 3.8) is 0 Å².